The molecule has 3 aromatic carbocycles. The number of piperazine rings is 1. The minimum absolute atomic E-state index is 0.0956. The number of carboxylic acids is 2. The topological polar surface area (TPSA) is 134 Å². The summed E-state index contributed by atoms with van der Waals surface area (Å²) in [6.45, 7) is 5.52. The SMILES string of the molecule is N=C(N)c1ccc(N2CCN(C3CCN(C(C(=O)O)c4cccc5ccccc45)CC3)CC2)cc1.O=C(O)C(F)(F)F. The van der Waals surface area contributed by atoms with Crippen molar-refractivity contribution in [2.24, 2.45) is 5.73 Å². The highest BCUT2D eigenvalue weighted by atomic mass is 19.4. The van der Waals surface area contributed by atoms with Crippen molar-refractivity contribution in [3.8, 4) is 0 Å². The Balaban J connectivity index is 0.000000517. The number of rotatable bonds is 6. The van der Waals surface area contributed by atoms with Gasteiger partial charge in [0.25, 0.3) is 0 Å². The third-order valence-corrected chi connectivity index (χ3v) is 7.83. The van der Waals surface area contributed by atoms with E-state index in [1.165, 1.54) is 5.69 Å². The van der Waals surface area contributed by atoms with Crippen molar-refractivity contribution < 1.29 is 33.0 Å². The molecule has 2 heterocycles. The number of anilines is 1. The van der Waals surface area contributed by atoms with Crippen LogP contribution in [0.25, 0.3) is 10.8 Å². The zero-order valence-corrected chi connectivity index (χ0v) is 22.9. The fourth-order valence-corrected chi connectivity index (χ4v) is 5.68. The van der Waals surface area contributed by atoms with Gasteiger partial charge in [0.15, 0.2) is 0 Å². The van der Waals surface area contributed by atoms with Gasteiger partial charge in [0.1, 0.15) is 11.9 Å². The van der Waals surface area contributed by atoms with E-state index >= 15 is 0 Å². The van der Waals surface area contributed by atoms with Gasteiger partial charge < -0.3 is 20.8 Å². The second-order valence-electron chi connectivity index (χ2n) is 10.4. The third kappa shape index (κ3) is 7.37. The molecule has 0 radical (unpaired) electrons. The maximum absolute atomic E-state index is 12.4. The molecule has 0 aromatic heterocycles. The molecule has 0 amide bonds. The van der Waals surface area contributed by atoms with Crippen molar-refractivity contribution in [2.45, 2.75) is 31.1 Å². The summed E-state index contributed by atoms with van der Waals surface area (Å²) >= 11 is 0. The molecular weight excluding hydrogens is 551 g/mol. The number of nitrogens with zero attached hydrogens (tertiary/aromatic N) is 3. The van der Waals surface area contributed by atoms with Gasteiger partial charge in [-0.2, -0.15) is 13.2 Å². The highest BCUT2D eigenvalue weighted by molar-refractivity contribution is 5.95. The summed E-state index contributed by atoms with van der Waals surface area (Å²) in [5.74, 6) is -3.44. The van der Waals surface area contributed by atoms with Crippen LogP contribution in [0.4, 0.5) is 18.9 Å². The van der Waals surface area contributed by atoms with E-state index in [4.69, 9.17) is 21.0 Å². The van der Waals surface area contributed by atoms with Crippen molar-refractivity contribution in [3.63, 3.8) is 0 Å². The van der Waals surface area contributed by atoms with Crippen LogP contribution in [0.3, 0.4) is 0 Å². The van der Waals surface area contributed by atoms with Gasteiger partial charge in [-0.3, -0.25) is 20.0 Å². The highest BCUT2D eigenvalue weighted by Gasteiger charge is 2.38. The lowest BCUT2D eigenvalue weighted by Crippen LogP contribution is -2.54. The van der Waals surface area contributed by atoms with Gasteiger partial charge in [-0.25, -0.2) is 4.79 Å². The smallest absolute Gasteiger partial charge is 0.480 e. The number of amidine groups is 1. The first kappa shape index (κ1) is 30.8. The van der Waals surface area contributed by atoms with Gasteiger partial charge in [0.05, 0.1) is 0 Å². The summed E-state index contributed by atoms with van der Waals surface area (Å²) in [7, 11) is 0. The summed E-state index contributed by atoms with van der Waals surface area (Å²) in [4.78, 5) is 28.4. The van der Waals surface area contributed by atoms with Crippen LogP contribution < -0.4 is 10.6 Å². The second-order valence-corrected chi connectivity index (χ2v) is 10.4. The number of alkyl halides is 3. The van der Waals surface area contributed by atoms with E-state index in [2.05, 4.69) is 14.7 Å². The number of carbonyl (C=O) groups is 2. The lowest BCUT2D eigenvalue weighted by molar-refractivity contribution is -0.192. The molecule has 2 fully saturated rings. The number of fused-ring (bicyclic) bond motifs is 1. The van der Waals surface area contributed by atoms with Crippen molar-refractivity contribution in [3.05, 3.63) is 77.9 Å². The van der Waals surface area contributed by atoms with Crippen molar-refractivity contribution >= 4 is 34.2 Å². The zero-order valence-electron chi connectivity index (χ0n) is 22.9. The van der Waals surface area contributed by atoms with Crippen LogP contribution in [0.1, 0.15) is 30.0 Å². The van der Waals surface area contributed by atoms with E-state index in [1.807, 2.05) is 66.7 Å². The predicted octanol–water partition coefficient (Wildman–Crippen LogP) is 4.17. The Bertz CT molecular complexity index is 1390. The van der Waals surface area contributed by atoms with Crippen LogP contribution in [-0.2, 0) is 9.59 Å². The fraction of sp³-hybridized carbons (Fsp3) is 0.367. The van der Waals surface area contributed by atoms with Crippen molar-refractivity contribution in [1.29, 1.82) is 5.41 Å². The largest absolute Gasteiger partial charge is 0.490 e. The molecule has 1 atom stereocenters. The highest BCUT2D eigenvalue weighted by Crippen LogP contribution is 2.32. The summed E-state index contributed by atoms with van der Waals surface area (Å²) in [5.41, 5.74) is 8.38. The van der Waals surface area contributed by atoms with E-state index in [0.717, 1.165) is 74.0 Å². The molecule has 1 unspecified atom stereocenters. The number of nitrogens with one attached hydrogen (secondary N) is 1. The number of nitrogen functional groups attached to an aromatic ring is 1. The molecule has 5 rings (SSSR count). The molecule has 42 heavy (non-hydrogen) atoms. The second kappa shape index (κ2) is 13.2. The van der Waals surface area contributed by atoms with Crippen LogP contribution in [0, 0.1) is 5.41 Å². The maximum atomic E-state index is 12.4. The van der Waals surface area contributed by atoms with Crippen molar-refractivity contribution in [2.75, 3.05) is 44.2 Å². The minimum Gasteiger partial charge on any atom is -0.480 e. The molecule has 3 aromatic rings. The molecule has 2 aliphatic heterocycles. The lowest BCUT2D eigenvalue weighted by Gasteiger charge is -2.44. The summed E-state index contributed by atoms with van der Waals surface area (Å²) < 4.78 is 31.7. The third-order valence-electron chi connectivity index (χ3n) is 7.83. The standard InChI is InChI=1S/C28H33N5O2.C2HF3O2/c29-27(30)21-8-10-22(11-9-21)31-16-18-32(19-17-31)23-12-14-33(15-13-23)26(28(34)35)25-7-3-5-20-4-1-2-6-24(20)25;3-2(4,5)1(6)7/h1-11,23,26H,12-19H2,(H3,29,30)(H,34,35);(H,6,7). The first-order valence-corrected chi connectivity index (χ1v) is 13.6. The van der Waals surface area contributed by atoms with E-state index in [1.54, 1.807) is 0 Å². The van der Waals surface area contributed by atoms with Crippen LogP contribution in [0.5, 0.6) is 0 Å². The Hall–Kier alpha value is -4.16. The maximum Gasteiger partial charge on any atom is 0.490 e. The number of nitrogens with two attached hydrogens (primary N) is 1. The number of carboxylic acid groups (broad SMARTS) is 2. The Morgan fingerprint density at radius 3 is 1.98 bits per heavy atom. The van der Waals surface area contributed by atoms with Crippen LogP contribution >= 0.6 is 0 Å². The molecule has 2 aliphatic rings. The Kier molecular flexibility index (Phi) is 9.69. The molecule has 0 aliphatic carbocycles. The first-order valence-electron chi connectivity index (χ1n) is 13.6. The molecule has 9 nitrogen and oxygen atoms in total. The molecular formula is C30H34F3N5O4. The normalized spacial score (nSPS) is 17.7. The van der Waals surface area contributed by atoms with Gasteiger partial charge in [0.2, 0.25) is 0 Å². The van der Waals surface area contributed by atoms with Crippen LogP contribution in [0.2, 0.25) is 0 Å². The number of likely N-dealkylation sites (tertiary alicyclic amines) is 1. The molecule has 2 saturated heterocycles. The van der Waals surface area contributed by atoms with Crippen LogP contribution in [0.15, 0.2) is 66.7 Å². The van der Waals surface area contributed by atoms with E-state index < -0.39 is 24.2 Å². The Morgan fingerprint density at radius 2 is 1.43 bits per heavy atom. The number of aliphatic carboxylic acids is 2. The summed E-state index contributed by atoms with van der Waals surface area (Å²) in [6, 6.07) is 21.8. The van der Waals surface area contributed by atoms with E-state index in [-0.39, 0.29) is 5.84 Å². The molecule has 224 valence electrons. The number of benzene rings is 3. The average molecular weight is 586 g/mol. The quantitative estimate of drug-likeness (QED) is 0.250. The lowest BCUT2D eigenvalue weighted by atomic mass is 9.94. The molecule has 0 saturated carbocycles. The number of halogens is 3. The number of hydrogen-bond acceptors (Lipinski definition) is 6. The van der Waals surface area contributed by atoms with Crippen molar-refractivity contribution in [1.82, 2.24) is 9.80 Å². The minimum atomic E-state index is -5.08. The first-order chi connectivity index (χ1) is 20.0. The van der Waals surface area contributed by atoms with Gasteiger partial charge in [-0.15, -0.1) is 0 Å². The molecule has 12 heteroatoms. The van der Waals surface area contributed by atoms with Gasteiger partial charge in [-0.1, -0.05) is 42.5 Å². The summed E-state index contributed by atoms with van der Waals surface area (Å²) in [5, 5.41) is 27.0. The molecule has 0 spiro atoms. The Labute approximate surface area is 241 Å². The molecule has 5 N–H and O–H groups in total. The predicted molar refractivity (Wildman–Crippen MR) is 154 cm³/mol. The van der Waals surface area contributed by atoms with E-state index in [0.29, 0.717) is 6.04 Å². The fourth-order valence-electron chi connectivity index (χ4n) is 5.68. The Morgan fingerprint density at radius 1 is 0.857 bits per heavy atom. The number of hydrogen-bond donors (Lipinski definition) is 4. The number of piperidine rings is 1. The molecule has 0 bridgehead atoms. The van der Waals surface area contributed by atoms with E-state index in [9.17, 15) is 23.1 Å². The summed E-state index contributed by atoms with van der Waals surface area (Å²) in [6.07, 6.45) is -3.11. The average Bonchev–Trinajstić information content (AvgIpc) is 2.98. The monoisotopic (exact) mass is 585 g/mol. The van der Waals surface area contributed by atoms with Gasteiger partial charge in [-0.05, 0) is 53.4 Å². The van der Waals surface area contributed by atoms with Crippen LogP contribution in [-0.4, -0.2) is 89.3 Å². The van der Waals surface area contributed by atoms with Gasteiger partial charge >= 0.3 is 18.1 Å². The van der Waals surface area contributed by atoms with Gasteiger partial charge in [0, 0.05) is 56.6 Å². The zero-order chi connectivity index (χ0) is 30.4.